The highest BCUT2D eigenvalue weighted by atomic mass is 16.6. The van der Waals surface area contributed by atoms with Gasteiger partial charge in [0.2, 0.25) is 0 Å². The van der Waals surface area contributed by atoms with E-state index in [-0.39, 0.29) is 6.10 Å². The molecular weight excluding hydrogens is 246 g/mol. The van der Waals surface area contributed by atoms with E-state index in [4.69, 9.17) is 19.0 Å². The van der Waals surface area contributed by atoms with Crippen LogP contribution in [0.3, 0.4) is 0 Å². The van der Waals surface area contributed by atoms with Crippen molar-refractivity contribution >= 4 is 0 Å². The summed E-state index contributed by atoms with van der Waals surface area (Å²) in [4.78, 5) is 4.90. The predicted molar refractivity (Wildman–Crippen MR) is 71.3 cm³/mol. The molecule has 1 aromatic rings. The molecule has 0 amide bonds. The molecule has 0 spiro atoms. The van der Waals surface area contributed by atoms with Crippen molar-refractivity contribution in [2.75, 3.05) is 27.4 Å². The van der Waals surface area contributed by atoms with Gasteiger partial charge < -0.3 is 19.0 Å². The fourth-order valence-corrected chi connectivity index (χ4v) is 2.11. The Morgan fingerprint density at radius 2 is 2.05 bits per heavy atom. The van der Waals surface area contributed by atoms with Crippen LogP contribution in [0.15, 0.2) is 18.2 Å². The average molecular weight is 267 g/mol. The summed E-state index contributed by atoms with van der Waals surface area (Å²) >= 11 is 0. The fourth-order valence-electron chi connectivity index (χ4n) is 2.11. The molecule has 19 heavy (non-hydrogen) atoms. The largest absolute Gasteiger partial charge is 0.493 e. The predicted octanol–water partition coefficient (Wildman–Crippen LogP) is 1.90. The lowest BCUT2D eigenvalue weighted by Crippen LogP contribution is -2.26. The number of hydrogen-bond donors (Lipinski definition) is 1. The fraction of sp³-hybridized carbons (Fsp3) is 0.571. The summed E-state index contributed by atoms with van der Waals surface area (Å²) in [5.74, 6) is 1.54. The Bertz CT molecular complexity index is 391. The van der Waals surface area contributed by atoms with E-state index in [2.05, 4.69) is 5.48 Å². The van der Waals surface area contributed by atoms with E-state index in [1.807, 2.05) is 18.2 Å². The van der Waals surface area contributed by atoms with Gasteiger partial charge in [-0.05, 0) is 6.07 Å². The van der Waals surface area contributed by atoms with Crippen LogP contribution in [0.1, 0.15) is 18.4 Å². The van der Waals surface area contributed by atoms with Gasteiger partial charge in [0, 0.05) is 24.9 Å². The third-order valence-electron chi connectivity index (χ3n) is 3.14. The molecule has 0 atom stereocenters. The number of hydroxylamine groups is 1. The Labute approximate surface area is 113 Å². The third kappa shape index (κ3) is 3.83. The number of methoxy groups -OCH3 is 1. The Balaban J connectivity index is 2.14. The van der Waals surface area contributed by atoms with Crippen molar-refractivity contribution in [2.24, 2.45) is 0 Å². The summed E-state index contributed by atoms with van der Waals surface area (Å²) in [6.45, 7) is 2.09. The first-order chi connectivity index (χ1) is 9.35. The van der Waals surface area contributed by atoms with Crippen molar-refractivity contribution < 1.29 is 19.0 Å². The number of benzene rings is 1. The molecule has 2 rings (SSSR count). The molecule has 0 bridgehead atoms. The van der Waals surface area contributed by atoms with E-state index >= 15 is 0 Å². The van der Waals surface area contributed by atoms with Crippen molar-refractivity contribution in [1.82, 2.24) is 5.48 Å². The lowest BCUT2D eigenvalue weighted by Gasteiger charge is -2.25. The van der Waals surface area contributed by atoms with E-state index < -0.39 is 0 Å². The van der Waals surface area contributed by atoms with Crippen molar-refractivity contribution in [1.29, 1.82) is 0 Å². The minimum atomic E-state index is 0.186. The highest BCUT2D eigenvalue weighted by molar-refractivity contribution is 5.46. The SMILES string of the molecule is CONCc1cccc(OC)c1OC1CCOCC1. The maximum absolute atomic E-state index is 6.10. The quantitative estimate of drug-likeness (QED) is 0.798. The number of rotatable bonds is 6. The van der Waals surface area contributed by atoms with E-state index in [1.165, 1.54) is 0 Å². The van der Waals surface area contributed by atoms with Crippen LogP contribution in [0.25, 0.3) is 0 Å². The van der Waals surface area contributed by atoms with Gasteiger partial charge in [-0.3, -0.25) is 0 Å². The smallest absolute Gasteiger partial charge is 0.166 e. The Kier molecular flexibility index (Phi) is 5.44. The van der Waals surface area contributed by atoms with Crippen LogP contribution in [0.2, 0.25) is 0 Å². The third-order valence-corrected chi connectivity index (χ3v) is 3.14. The first-order valence-corrected chi connectivity index (χ1v) is 6.51. The second kappa shape index (κ2) is 7.33. The van der Waals surface area contributed by atoms with E-state index in [0.29, 0.717) is 6.54 Å². The lowest BCUT2D eigenvalue weighted by atomic mass is 10.1. The number of hydrogen-bond acceptors (Lipinski definition) is 5. The Hall–Kier alpha value is -1.30. The Morgan fingerprint density at radius 3 is 2.74 bits per heavy atom. The molecule has 0 aliphatic carbocycles. The first-order valence-electron chi connectivity index (χ1n) is 6.51. The van der Waals surface area contributed by atoms with Crippen molar-refractivity contribution in [3.05, 3.63) is 23.8 Å². The van der Waals surface area contributed by atoms with E-state index in [1.54, 1.807) is 14.2 Å². The van der Waals surface area contributed by atoms with E-state index in [0.717, 1.165) is 43.1 Å². The van der Waals surface area contributed by atoms with Gasteiger partial charge >= 0.3 is 0 Å². The number of para-hydroxylation sites is 1. The van der Waals surface area contributed by atoms with Crippen LogP contribution in [0, 0.1) is 0 Å². The van der Waals surface area contributed by atoms with Gasteiger partial charge in [-0.2, -0.15) is 5.48 Å². The summed E-state index contributed by atoms with van der Waals surface area (Å²) in [5, 5.41) is 0. The highest BCUT2D eigenvalue weighted by Gasteiger charge is 2.19. The van der Waals surface area contributed by atoms with Crippen LogP contribution in [-0.2, 0) is 16.1 Å². The molecule has 1 saturated heterocycles. The molecule has 1 fully saturated rings. The molecule has 0 unspecified atom stereocenters. The van der Waals surface area contributed by atoms with Crippen molar-refractivity contribution in [2.45, 2.75) is 25.5 Å². The van der Waals surface area contributed by atoms with Gasteiger partial charge in [-0.15, -0.1) is 0 Å². The van der Waals surface area contributed by atoms with Gasteiger partial charge in [0.15, 0.2) is 11.5 Å². The number of ether oxygens (including phenoxy) is 3. The normalized spacial score (nSPS) is 16.3. The molecular formula is C14H21NO4. The molecule has 5 heteroatoms. The van der Waals surface area contributed by atoms with Crippen LogP contribution in [-0.4, -0.2) is 33.5 Å². The standard InChI is InChI=1S/C14H21NO4/c1-16-13-5-3-4-11(10-15-17-2)14(13)19-12-6-8-18-9-7-12/h3-5,12,15H,6-10H2,1-2H3. The molecule has 1 heterocycles. The summed E-state index contributed by atoms with van der Waals surface area (Å²) in [6.07, 6.45) is 2.01. The second-order valence-corrected chi connectivity index (χ2v) is 4.40. The van der Waals surface area contributed by atoms with Crippen LogP contribution in [0.5, 0.6) is 11.5 Å². The molecule has 5 nitrogen and oxygen atoms in total. The van der Waals surface area contributed by atoms with E-state index in [9.17, 15) is 0 Å². The minimum absolute atomic E-state index is 0.186. The molecule has 0 aromatic heterocycles. The summed E-state index contributed by atoms with van der Waals surface area (Å²) < 4.78 is 16.8. The summed E-state index contributed by atoms with van der Waals surface area (Å²) in [6, 6.07) is 5.86. The maximum Gasteiger partial charge on any atom is 0.166 e. The van der Waals surface area contributed by atoms with Crippen molar-refractivity contribution in [3.63, 3.8) is 0 Å². The van der Waals surface area contributed by atoms with Gasteiger partial charge in [-0.1, -0.05) is 12.1 Å². The van der Waals surface area contributed by atoms with Crippen LogP contribution < -0.4 is 15.0 Å². The lowest BCUT2D eigenvalue weighted by molar-refractivity contribution is 0.0234. The second-order valence-electron chi connectivity index (χ2n) is 4.40. The molecule has 1 N–H and O–H groups in total. The van der Waals surface area contributed by atoms with Crippen LogP contribution >= 0.6 is 0 Å². The summed E-state index contributed by atoms with van der Waals surface area (Å²) in [5.41, 5.74) is 3.85. The topological polar surface area (TPSA) is 49.0 Å². The zero-order valence-electron chi connectivity index (χ0n) is 11.5. The summed E-state index contributed by atoms with van der Waals surface area (Å²) in [7, 11) is 3.25. The van der Waals surface area contributed by atoms with Crippen LogP contribution in [0.4, 0.5) is 0 Å². The number of nitrogens with one attached hydrogen (secondary N) is 1. The molecule has 1 aliphatic heterocycles. The zero-order chi connectivity index (χ0) is 13.5. The van der Waals surface area contributed by atoms with Gasteiger partial charge in [0.25, 0.3) is 0 Å². The van der Waals surface area contributed by atoms with Gasteiger partial charge in [0.1, 0.15) is 6.10 Å². The zero-order valence-corrected chi connectivity index (χ0v) is 11.5. The Morgan fingerprint density at radius 1 is 1.26 bits per heavy atom. The minimum Gasteiger partial charge on any atom is -0.493 e. The highest BCUT2D eigenvalue weighted by Crippen LogP contribution is 2.33. The van der Waals surface area contributed by atoms with Gasteiger partial charge in [-0.25, -0.2) is 0 Å². The maximum atomic E-state index is 6.10. The van der Waals surface area contributed by atoms with Gasteiger partial charge in [0.05, 0.1) is 27.4 Å². The first kappa shape index (κ1) is 14.1. The molecule has 0 saturated carbocycles. The molecule has 1 aromatic carbocycles. The molecule has 1 aliphatic rings. The average Bonchev–Trinajstić information content (AvgIpc) is 2.47. The molecule has 0 radical (unpaired) electrons. The monoisotopic (exact) mass is 267 g/mol. The molecule has 106 valence electrons. The van der Waals surface area contributed by atoms with Crippen molar-refractivity contribution in [3.8, 4) is 11.5 Å².